The smallest absolute Gasteiger partial charge is 0.304 e. The lowest BCUT2D eigenvalue weighted by atomic mass is 9.74. The van der Waals surface area contributed by atoms with Crippen LogP contribution in [0.5, 0.6) is 0 Å². The summed E-state index contributed by atoms with van der Waals surface area (Å²) >= 11 is 0. The number of hydrogen-bond acceptors (Lipinski definition) is 3. The first-order valence-corrected chi connectivity index (χ1v) is 11.4. The van der Waals surface area contributed by atoms with Crippen molar-refractivity contribution in [1.29, 1.82) is 0 Å². The lowest BCUT2D eigenvalue weighted by Gasteiger charge is -2.30. The van der Waals surface area contributed by atoms with Crippen LogP contribution >= 0.6 is 0 Å². The summed E-state index contributed by atoms with van der Waals surface area (Å²) in [6, 6.07) is 20.1. The van der Waals surface area contributed by atoms with Crippen LogP contribution in [0.1, 0.15) is 76.3 Å². The summed E-state index contributed by atoms with van der Waals surface area (Å²) in [6.45, 7) is 4.33. The van der Waals surface area contributed by atoms with Gasteiger partial charge in [-0.2, -0.15) is 0 Å². The van der Waals surface area contributed by atoms with Crippen LogP contribution in [0.4, 0.5) is 0 Å². The van der Waals surface area contributed by atoms with Gasteiger partial charge in [-0.3, -0.25) is 4.79 Å². The van der Waals surface area contributed by atoms with Crippen molar-refractivity contribution in [2.75, 3.05) is 6.61 Å². The number of aliphatic hydroxyl groups excluding tert-OH is 2. The molecule has 3 N–H and O–H groups in total. The molecule has 0 amide bonds. The van der Waals surface area contributed by atoms with Crippen molar-refractivity contribution in [3.05, 3.63) is 71.8 Å². The standard InChI is InChI=1S/C27H38O4/c1-26(19-20-28,22-11-5-3-6-12-22)17-9-15-24(29)16-10-18-27(2,21-25(30)31)23-13-7-4-8-14-23/h3-8,11-14,24,28-29H,9-10,15-21H2,1-2H3,(H,30,31). The van der Waals surface area contributed by atoms with Gasteiger partial charge in [0.05, 0.1) is 12.5 Å². The number of rotatable bonds is 14. The molecular weight excluding hydrogens is 388 g/mol. The van der Waals surface area contributed by atoms with E-state index in [1.165, 1.54) is 5.56 Å². The van der Waals surface area contributed by atoms with E-state index in [2.05, 4.69) is 19.1 Å². The SMILES string of the molecule is CC(CCO)(CCCC(O)CCCC(C)(CC(=O)O)c1ccccc1)c1ccccc1. The van der Waals surface area contributed by atoms with Gasteiger partial charge < -0.3 is 15.3 Å². The molecule has 0 aliphatic rings. The number of hydrogen-bond donors (Lipinski definition) is 3. The molecule has 0 bridgehead atoms. The van der Waals surface area contributed by atoms with Crippen molar-refractivity contribution in [3.63, 3.8) is 0 Å². The van der Waals surface area contributed by atoms with E-state index >= 15 is 0 Å². The predicted octanol–water partition coefficient (Wildman–Crippen LogP) is 5.46. The van der Waals surface area contributed by atoms with Gasteiger partial charge in [-0.1, -0.05) is 80.9 Å². The first kappa shape index (κ1) is 25.1. The number of carbonyl (C=O) groups is 1. The zero-order valence-corrected chi connectivity index (χ0v) is 19.0. The lowest BCUT2D eigenvalue weighted by molar-refractivity contribution is -0.138. The van der Waals surface area contributed by atoms with Gasteiger partial charge in [0.15, 0.2) is 0 Å². The van der Waals surface area contributed by atoms with Crippen LogP contribution in [0.25, 0.3) is 0 Å². The summed E-state index contributed by atoms with van der Waals surface area (Å²) in [5, 5.41) is 29.4. The predicted molar refractivity (Wildman–Crippen MR) is 125 cm³/mol. The molecule has 0 saturated heterocycles. The number of benzene rings is 2. The van der Waals surface area contributed by atoms with E-state index in [-0.39, 0.29) is 24.5 Å². The minimum Gasteiger partial charge on any atom is -0.481 e. The van der Waals surface area contributed by atoms with Crippen molar-refractivity contribution in [1.82, 2.24) is 0 Å². The Bertz CT molecular complexity index is 776. The molecule has 0 fully saturated rings. The van der Waals surface area contributed by atoms with E-state index in [0.29, 0.717) is 12.8 Å². The monoisotopic (exact) mass is 426 g/mol. The van der Waals surface area contributed by atoms with E-state index < -0.39 is 11.4 Å². The normalized spacial score (nSPS) is 16.3. The molecule has 0 saturated carbocycles. The number of aliphatic carboxylic acids is 1. The molecule has 2 aromatic carbocycles. The van der Waals surface area contributed by atoms with Crippen LogP contribution in [0.2, 0.25) is 0 Å². The number of aliphatic hydroxyl groups is 2. The van der Waals surface area contributed by atoms with Crippen molar-refractivity contribution < 1.29 is 20.1 Å². The Kier molecular flexibility index (Phi) is 9.73. The molecular formula is C27H38O4. The average Bonchev–Trinajstić information content (AvgIpc) is 2.75. The molecule has 0 spiro atoms. The van der Waals surface area contributed by atoms with Crippen molar-refractivity contribution in [2.45, 2.75) is 82.1 Å². The number of carboxylic acids is 1. The van der Waals surface area contributed by atoms with Crippen LogP contribution in [0, 0.1) is 0 Å². The topological polar surface area (TPSA) is 77.8 Å². The largest absolute Gasteiger partial charge is 0.481 e. The van der Waals surface area contributed by atoms with Gasteiger partial charge >= 0.3 is 5.97 Å². The van der Waals surface area contributed by atoms with E-state index in [0.717, 1.165) is 37.7 Å². The van der Waals surface area contributed by atoms with Gasteiger partial charge in [0.25, 0.3) is 0 Å². The second kappa shape index (κ2) is 12.0. The summed E-state index contributed by atoms with van der Waals surface area (Å²) in [5.74, 6) is -0.795. The Morgan fingerprint density at radius 1 is 0.806 bits per heavy atom. The Hall–Kier alpha value is -2.17. The maximum absolute atomic E-state index is 11.4. The highest BCUT2D eigenvalue weighted by molar-refractivity contribution is 5.69. The van der Waals surface area contributed by atoms with Crippen LogP contribution in [0.15, 0.2) is 60.7 Å². The molecule has 2 rings (SSSR count). The summed E-state index contributed by atoms with van der Waals surface area (Å²) in [6.07, 6.45) is 5.10. The van der Waals surface area contributed by atoms with Crippen molar-refractivity contribution in [2.24, 2.45) is 0 Å². The molecule has 0 radical (unpaired) electrons. The second-order valence-corrected chi connectivity index (χ2v) is 9.34. The average molecular weight is 427 g/mol. The van der Waals surface area contributed by atoms with Gasteiger partial charge in [0.2, 0.25) is 0 Å². The Morgan fingerprint density at radius 2 is 1.26 bits per heavy atom. The summed E-state index contributed by atoms with van der Waals surface area (Å²) in [7, 11) is 0. The van der Waals surface area contributed by atoms with E-state index in [9.17, 15) is 20.1 Å². The van der Waals surface area contributed by atoms with Gasteiger partial charge in [-0.05, 0) is 55.1 Å². The second-order valence-electron chi connectivity index (χ2n) is 9.34. The zero-order chi connectivity index (χ0) is 22.7. The lowest BCUT2D eigenvalue weighted by Crippen LogP contribution is -2.26. The summed E-state index contributed by atoms with van der Waals surface area (Å²) < 4.78 is 0. The third-order valence-corrected chi connectivity index (χ3v) is 6.68. The molecule has 0 aliphatic heterocycles. The fraction of sp³-hybridized carbons (Fsp3) is 0.519. The Morgan fingerprint density at radius 3 is 1.71 bits per heavy atom. The van der Waals surface area contributed by atoms with Gasteiger partial charge in [-0.15, -0.1) is 0 Å². The fourth-order valence-corrected chi connectivity index (χ4v) is 4.61. The highest BCUT2D eigenvalue weighted by Gasteiger charge is 2.29. The first-order valence-electron chi connectivity index (χ1n) is 11.4. The maximum Gasteiger partial charge on any atom is 0.304 e. The Balaban J connectivity index is 1.85. The van der Waals surface area contributed by atoms with Crippen molar-refractivity contribution in [3.8, 4) is 0 Å². The van der Waals surface area contributed by atoms with Gasteiger partial charge in [-0.25, -0.2) is 0 Å². The molecule has 0 heterocycles. The molecule has 3 unspecified atom stereocenters. The van der Waals surface area contributed by atoms with Gasteiger partial charge in [0, 0.05) is 12.0 Å². The van der Waals surface area contributed by atoms with E-state index in [4.69, 9.17) is 0 Å². The zero-order valence-electron chi connectivity index (χ0n) is 19.0. The van der Waals surface area contributed by atoms with E-state index in [1.54, 1.807) is 0 Å². The first-order chi connectivity index (χ1) is 14.8. The molecule has 2 aromatic rings. The molecule has 4 nitrogen and oxygen atoms in total. The molecule has 0 aliphatic carbocycles. The summed E-state index contributed by atoms with van der Waals surface area (Å²) in [5.41, 5.74) is 1.74. The highest BCUT2D eigenvalue weighted by Crippen LogP contribution is 2.35. The molecule has 0 aromatic heterocycles. The van der Waals surface area contributed by atoms with Crippen molar-refractivity contribution >= 4 is 5.97 Å². The molecule has 3 atom stereocenters. The van der Waals surface area contributed by atoms with Gasteiger partial charge in [0.1, 0.15) is 0 Å². The van der Waals surface area contributed by atoms with Crippen LogP contribution in [-0.2, 0) is 15.6 Å². The summed E-state index contributed by atoms with van der Waals surface area (Å²) in [4.78, 5) is 11.4. The molecule has 170 valence electrons. The molecule has 31 heavy (non-hydrogen) atoms. The van der Waals surface area contributed by atoms with Crippen LogP contribution in [0.3, 0.4) is 0 Å². The third-order valence-electron chi connectivity index (χ3n) is 6.68. The Labute approximate surface area is 187 Å². The molecule has 4 heteroatoms. The quantitative estimate of drug-likeness (QED) is 0.375. The maximum atomic E-state index is 11.4. The number of carboxylic acid groups (broad SMARTS) is 1. The van der Waals surface area contributed by atoms with Crippen LogP contribution < -0.4 is 0 Å². The third kappa shape index (κ3) is 7.79. The fourth-order valence-electron chi connectivity index (χ4n) is 4.61. The van der Waals surface area contributed by atoms with Crippen LogP contribution in [-0.4, -0.2) is 34.0 Å². The highest BCUT2D eigenvalue weighted by atomic mass is 16.4. The minimum absolute atomic E-state index is 0.0870. The van der Waals surface area contributed by atoms with E-state index in [1.807, 2.05) is 55.5 Å². The minimum atomic E-state index is -0.795.